The van der Waals surface area contributed by atoms with E-state index in [2.05, 4.69) is 51.9 Å². The van der Waals surface area contributed by atoms with E-state index in [9.17, 15) is 4.79 Å². The van der Waals surface area contributed by atoms with Gasteiger partial charge in [0.1, 0.15) is 5.54 Å². The summed E-state index contributed by atoms with van der Waals surface area (Å²) in [7, 11) is 3.62. The lowest BCUT2D eigenvalue weighted by Gasteiger charge is -2.36. The van der Waals surface area contributed by atoms with Crippen molar-refractivity contribution in [2.75, 3.05) is 27.2 Å². The van der Waals surface area contributed by atoms with Crippen LogP contribution in [0.4, 0.5) is 0 Å². The smallest absolute Gasteiger partial charge is 0.325 e. The van der Waals surface area contributed by atoms with E-state index in [4.69, 9.17) is 4.74 Å². The van der Waals surface area contributed by atoms with Crippen molar-refractivity contribution < 1.29 is 9.53 Å². The van der Waals surface area contributed by atoms with Crippen molar-refractivity contribution in [3.8, 4) is 0 Å². The second-order valence-electron chi connectivity index (χ2n) is 7.38. The highest BCUT2D eigenvalue weighted by atomic mass is 16.5. The van der Waals surface area contributed by atoms with Crippen LogP contribution in [0.3, 0.4) is 0 Å². The summed E-state index contributed by atoms with van der Waals surface area (Å²) in [6, 6.07) is 0.505. The van der Waals surface area contributed by atoms with Gasteiger partial charge in [0.05, 0.1) is 7.11 Å². The maximum atomic E-state index is 12.0. The Balaban J connectivity index is 4.47. The van der Waals surface area contributed by atoms with Crippen molar-refractivity contribution in [2.24, 2.45) is 5.41 Å². The fourth-order valence-corrected chi connectivity index (χ4v) is 2.43. The van der Waals surface area contributed by atoms with Crippen molar-refractivity contribution >= 4 is 5.97 Å². The first-order valence-corrected chi connectivity index (χ1v) is 8.12. The summed E-state index contributed by atoms with van der Waals surface area (Å²) < 4.78 is 4.96. The molecule has 0 heterocycles. The summed E-state index contributed by atoms with van der Waals surface area (Å²) in [4.78, 5) is 14.4. The SMILES string of the molecule is CCCNC(C)(CCCN(C)C(C)C(C)(C)C)C(=O)OC. The van der Waals surface area contributed by atoms with Crippen LogP contribution in [-0.4, -0.2) is 49.7 Å². The number of methoxy groups -OCH3 is 1. The standard InChI is InChI=1S/C17H36N2O2/c1-9-12-18-17(6,15(20)21-8)11-10-13-19(7)14(2)16(3,4)5/h14,18H,9-13H2,1-8H3. The lowest BCUT2D eigenvalue weighted by atomic mass is 9.87. The highest BCUT2D eigenvalue weighted by Gasteiger charge is 2.33. The van der Waals surface area contributed by atoms with Gasteiger partial charge in [0, 0.05) is 6.04 Å². The van der Waals surface area contributed by atoms with Crippen molar-refractivity contribution in [2.45, 2.75) is 72.4 Å². The molecule has 0 rings (SSSR count). The third-order valence-electron chi connectivity index (χ3n) is 4.50. The number of nitrogens with one attached hydrogen (secondary N) is 1. The molecule has 0 spiro atoms. The van der Waals surface area contributed by atoms with E-state index in [0.29, 0.717) is 6.04 Å². The number of carbonyl (C=O) groups excluding carboxylic acids is 1. The molecule has 0 saturated carbocycles. The molecule has 0 bridgehead atoms. The molecule has 0 aliphatic heterocycles. The molecule has 2 atom stereocenters. The molecule has 4 nitrogen and oxygen atoms in total. The van der Waals surface area contributed by atoms with Crippen LogP contribution in [0.2, 0.25) is 0 Å². The maximum Gasteiger partial charge on any atom is 0.325 e. The van der Waals surface area contributed by atoms with Gasteiger partial charge in [0.15, 0.2) is 0 Å². The molecule has 0 radical (unpaired) electrons. The Morgan fingerprint density at radius 2 is 1.86 bits per heavy atom. The number of ether oxygens (including phenoxy) is 1. The van der Waals surface area contributed by atoms with Crippen molar-refractivity contribution in [1.29, 1.82) is 0 Å². The Kier molecular flexibility index (Phi) is 8.49. The summed E-state index contributed by atoms with van der Waals surface area (Å²) in [6.45, 7) is 14.9. The van der Waals surface area contributed by atoms with Gasteiger partial charge in [-0.15, -0.1) is 0 Å². The van der Waals surface area contributed by atoms with Gasteiger partial charge in [-0.25, -0.2) is 0 Å². The van der Waals surface area contributed by atoms with Gasteiger partial charge in [0.2, 0.25) is 0 Å². The van der Waals surface area contributed by atoms with E-state index in [1.807, 2.05) is 6.92 Å². The highest BCUT2D eigenvalue weighted by Crippen LogP contribution is 2.24. The van der Waals surface area contributed by atoms with E-state index in [0.717, 1.165) is 32.4 Å². The summed E-state index contributed by atoms with van der Waals surface area (Å²) in [5.41, 5.74) is -0.308. The van der Waals surface area contributed by atoms with Crippen LogP contribution in [0, 0.1) is 5.41 Å². The third kappa shape index (κ3) is 6.79. The number of nitrogens with zero attached hydrogens (tertiary/aromatic N) is 1. The van der Waals surface area contributed by atoms with Crippen LogP contribution in [0.5, 0.6) is 0 Å². The quantitative estimate of drug-likeness (QED) is 0.665. The fourth-order valence-electron chi connectivity index (χ4n) is 2.43. The average molecular weight is 300 g/mol. The van der Waals surface area contributed by atoms with Gasteiger partial charge >= 0.3 is 5.97 Å². The molecule has 4 heteroatoms. The third-order valence-corrected chi connectivity index (χ3v) is 4.50. The molecule has 21 heavy (non-hydrogen) atoms. The molecular weight excluding hydrogens is 264 g/mol. The second-order valence-corrected chi connectivity index (χ2v) is 7.38. The van der Waals surface area contributed by atoms with E-state index in [-0.39, 0.29) is 11.4 Å². The molecule has 0 saturated heterocycles. The van der Waals surface area contributed by atoms with E-state index in [1.165, 1.54) is 7.11 Å². The summed E-state index contributed by atoms with van der Waals surface area (Å²) >= 11 is 0. The molecule has 2 unspecified atom stereocenters. The molecule has 0 aliphatic rings. The van der Waals surface area contributed by atoms with Crippen LogP contribution in [0.15, 0.2) is 0 Å². The van der Waals surface area contributed by atoms with Gasteiger partial charge < -0.3 is 15.0 Å². The predicted molar refractivity (Wildman–Crippen MR) is 89.5 cm³/mol. The Morgan fingerprint density at radius 3 is 2.29 bits per heavy atom. The molecule has 126 valence electrons. The van der Waals surface area contributed by atoms with Gasteiger partial charge in [-0.05, 0) is 58.7 Å². The largest absolute Gasteiger partial charge is 0.468 e. The molecule has 0 amide bonds. The van der Waals surface area contributed by atoms with Gasteiger partial charge in [-0.1, -0.05) is 27.7 Å². The molecule has 0 aromatic heterocycles. The van der Waals surface area contributed by atoms with Crippen LogP contribution in [0.25, 0.3) is 0 Å². The highest BCUT2D eigenvalue weighted by molar-refractivity contribution is 5.80. The summed E-state index contributed by atoms with van der Waals surface area (Å²) in [5, 5.41) is 3.34. The Morgan fingerprint density at radius 1 is 1.29 bits per heavy atom. The number of carbonyl (C=O) groups is 1. The zero-order chi connectivity index (χ0) is 16.7. The second kappa shape index (κ2) is 8.74. The molecule has 0 aromatic carbocycles. The summed E-state index contributed by atoms with van der Waals surface area (Å²) in [6.07, 6.45) is 2.77. The fraction of sp³-hybridized carbons (Fsp3) is 0.941. The first kappa shape index (κ1) is 20.4. The topological polar surface area (TPSA) is 41.6 Å². The first-order chi connectivity index (χ1) is 9.58. The summed E-state index contributed by atoms with van der Waals surface area (Å²) in [5.74, 6) is -0.164. The zero-order valence-electron chi connectivity index (χ0n) is 15.4. The van der Waals surface area contributed by atoms with E-state index in [1.54, 1.807) is 0 Å². The lowest BCUT2D eigenvalue weighted by molar-refractivity contribution is -0.148. The maximum absolute atomic E-state index is 12.0. The van der Waals surface area contributed by atoms with Crippen LogP contribution < -0.4 is 5.32 Å². The molecule has 0 aliphatic carbocycles. The number of hydrogen-bond donors (Lipinski definition) is 1. The normalized spacial score (nSPS) is 16.6. The monoisotopic (exact) mass is 300 g/mol. The first-order valence-electron chi connectivity index (χ1n) is 8.12. The van der Waals surface area contributed by atoms with Gasteiger partial charge in [-0.2, -0.15) is 0 Å². The molecule has 0 fully saturated rings. The minimum Gasteiger partial charge on any atom is -0.468 e. The minimum atomic E-state index is -0.573. The van der Waals surface area contributed by atoms with Crippen molar-refractivity contribution in [3.63, 3.8) is 0 Å². The average Bonchev–Trinajstić information content (AvgIpc) is 2.42. The zero-order valence-corrected chi connectivity index (χ0v) is 15.4. The van der Waals surface area contributed by atoms with E-state index < -0.39 is 5.54 Å². The number of hydrogen-bond acceptors (Lipinski definition) is 4. The van der Waals surface area contributed by atoms with Gasteiger partial charge in [0.25, 0.3) is 0 Å². The van der Waals surface area contributed by atoms with Crippen LogP contribution >= 0.6 is 0 Å². The van der Waals surface area contributed by atoms with Crippen LogP contribution in [-0.2, 0) is 9.53 Å². The van der Waals surface area contributed by atoms with Gasteiger partial charge in [-0.3, -0.25) is 4.79 Å². The number of rotatable bonds is 9. The van der Waals surface area contributed by atoms with Crippen molar-refractivity contribution in [3.05, 3.63) is 0 Å². The Bertz CT molecular complexity index is 312. The number of esters is 1. The molecular formula is C17H36N2O2. The minimum absolute atomic E-state index is 0.164. The molecule has 0 aromatic rings. The Labute approximate surface area is 131 Å². The predicted octanol–water partition coefficient (Wildman–Crippen LogP) is 3.06. The van der Waals surface area contributed by atoms with Crippen molar-refractivity contribution in [1.82, 2.24) is 10.2 Å². The lowest BCUT2D eigenvalue weighted by Crippen LogP contribution is -2.51. The van der Waals surface area contributed by atoms with E-state index >= 15 is 0 Å². The molecule has 1 N–H and O–H groups in total. The Hall–Kier alpha value is -0.610. The van der Waals surface area contributed by atoms with Crippen LogP contribution in [0.1, 0.15) is 60.8 Å².